The molecule has 0 amide bonds. The monoisotopic (exact) mass is 289 g/mol. The molecule has 0 saturated carbocycles. The first-order valence-corrected chi connectivity index (χ1v) is 7.36. The summed E-state index contributed by atoms with van der Waals surface area (Å²) in [7, 11) is 1.31. The van der Waals surface area contributed by atoms with Crippen molar-refractivity contribution in [3.8, 4) is 5.88 Å². The van der Waals surface area contributed by atoms with E-state index in [4.69, 9.17) is 14.0 Å². The Labute approximate surface area is 127 Å². The smallest absolute Gasteiger partial charge is 0.481 e. The van der Waals surface area contributed by atoms with Crippen LogP contribution in [0.5, 0.6) is 5.88 Å². The van der Waals surface area contributed by atoms with Crippen molar-refractivity contribution in [3.05, 3.63) is 29.4 Å². The molecule has 1 aromatic rings. The predicted molar refractivity (Wildman–Crippen MR) is 85.3 cm³/mol. The van der Waals surface area contributed by atoms with Crippen LogP contribution in [0, 0.1) is 0 Å². The molecule has 0 atom stereocenters. The number of aromatic nitrogens is 1. The first-order chi connectivity index (χ1) is 9.79. The van der Waals surface area contributed by atoms with E-state index < -0.39 is 0 Å². The SMILES string of the molecule is CCc1cc(/C=C/B2OC(C)(C)C(C)(C)O2)cnc1OC. The molecule has 1 aliphatic rings. The van der Waals surface area contributed by atoms with Crippen LogP contribution in [0.4, 0.5) is 0 Å². The van der Waals surface area contributed by atoms with E-state index in [0.717, 1.165) is 17.5 Å². The summed E-state index contributed by atoms with van der Waals surface area (Å²) in [6.45, 7) is 10.3. The van der Waals surface area contributed by atoms with Crippen molar-refractivity contribution in [1.82, 2.24) is 4.98 Å². The van der Waals surface area contributed by atoms with E-state index in [-0.39, 0.29) is 18.3 Å². The highest BCUT2D eigenvalue weighted by Crippen LogP contribution is 2.37. The van der Waals surface area contributed by atoms with Crippen LogP contribution in [0.1, 0.15) is 45.7 Å². The Morgan fingerprint density at radius 3 is 2.38 bits per heavy atom. The van der Waals surface area contributed by atoms with Crippen molar-refractivity contribution in [2.45, 2.75) is 52.2 Å². The fourth-order valence-electron chi connectivity index (χ4n) is 2.20. The van der Waals surface area contributed by atoms with Crippen molar-refractivity contribution >= 4 is 13.2 Å². The van der Waals surface area contributed by atoms with Gasteiger partial charge in [-0.3, -0.25) is 0 Å². The molecule has 0 N–H and O–H groups in total. The average Bonchev–Trinajstić information content (AvgIpc) is 2.64. The van der Waals surface area contributed by atoms with Gasteiger partial charge in [0.1, 0.15) is 0 Å². The lowest BCUT2D eigenvalue weighted by Gasteiger charge is -2.32. The largest absolute Gasteiger partial charge is 0.487 e. The molecule has 1 aliphatic heterocycles. The molecule has 0 aromatic carbocycles. The summed E-state index contributed by atoms with van der Waals surface area (Å²) in [5.41, 5.74) is 1.49. The minimum absolute atomic E-state index is 0.311. The van der Waals surface area contributed by atoms with Gasteiger partial charge in [0.2, 0.25) is 5.88 Å². The Bertz CT molecular complexity index is 524. The summed E-state index contributed by atoms with van der Waals surface area (Å²) in [5, 5.41) is 0. The quantitative estimate of drug-likeness (QED) is 0.797. The van der Waals surface area contributed by atoms with Crippen LogP contribution in [-0.4, -0.2) is 30.4 Å². The van der Waals surface area contributed by atoms with Crippen LogP contribution in [0.3, 0.4) is 0 Å². The second kappa shape index (κ2) is 5.81. The first kappa shape index (κ1) is 16.1. The van der Waals surface area contributed by atoms with Gasteiger partial charge in [-0.1, -0.05) is 19.0 Å². The lowest BCUT2D eigenvalue weighted by molar-refractivity contribution is 0.00578. The summed E-state index contributed by atoms with van der Waals surface area (Å²) >= 11 is 0. The van der Waals surface area contributed by atoms with Gasteiger partial charge in [0, 0.05) is 11.8 Å². The lowest BCUT2D eigenvalue weighted by Crippen LogP contribution is -2.41. The molecule has 1 saturated heterocycles. The highest BCUT2D eigenvalue weighted by atomic mass is 16.7. The summed E-state index contributed by atoms with van der Waals surface area (Å²) in [5.74, 6) is 2.62. The third-order valence-corrected chi connectivity index (χ3v) is 4.24. The van der Waals surface area contributed by atoms with Gasteiger partial charge in [0.25, 0.3) is 0 Å². The molecule has 1 aromatic heterocycles. The number of methoxy groups -OCH3 is 1. The van der Waals surface area contributed by atoms with Gasteiger partial charge in [-0.05, 0) is 45.7 Å². The zero-order valence-corrected chi connectivity index (χ0v) is 13.8. The summed E-state index contributed by atoms with van der Waals surface area (Å²) < 4.78 is 17.1. The fourth-order valence-corrected chi connectivity index (χ4v) is 2.20. The number of ether oxygens (including phenoxy) is 1. The van der Waals surface area contributed by atoms with Crippen molar-refractivity contribution < 1.29 is 14.0 Å². The van der Waals surface area contributed by atoms with Gasteiger partial charge in [-0.2, -0.15) is 0 Å². The Balaban J connectivity index is 2.12. The maximum atomic E-state index is 5.93. The van der Waals surface area contributed by atoms with Crippen molar-refractivity contribution in [1.29, 1.82) is 0 Å². The first-order valence-electron chi connectivity index (χ1n) is 7.36. The molecule has 4 nitrogen and oxygen atoms in total. The Morgan fingerprint density at radius 1 is 1.24 bits per heavy atom. The molecule has 1 fully saturated rings. The standard InChI is InChI=1S/C16H24BNO3/c1-7-13-10-12(11-18-14(13)19-6)8-9-17-20-15(2,3)16(4,5)21-17/h8-11H,7H2,1-6H3/b9-8+. The summed E-state index contributed by atoms with van der Waals surface area (Å²) in [4.78, 5) is 4.32. The van der Waals surface area contributed by atoms with Crippen molar-refractivity contribution in [2.24, 2.45) is 0 Å². The van der Waals surface area contributed by atoms with E-state index in [9.17, 15) is 0 Å². The topological polar surface area (TPSA) is 40.6 Å². The molecule has 21 heavy (non-hydrogen) atoms. The Morgan fingerprint density at radius 2 is 1.86 bits per heavy atom. The van der Waals surface area contributed by atoms with Crippen LogP contribution in [0.25, 0.3) is 6.08 Å². The molecule has 5 heteroatoms. The Hall–Kier alpha value is -1.33. The Kier molecular flexibility index (Phi) is 4.44. The van der Waals surface area contributed by atoms with E-state index in [1.807, 2.05) is 39.7 Å². The van der Waals surface area contributed by atoms with Gasteiger partial charge in [-0.15, -0.1) is 0 Å². The highest BCUT2D eigenvalue weighted by Gasteiger charge is 2.49. The minimum Gasteiger partial charge on any atom is -0.481 e. The molecule has 0 aliphatic carbocycles. The molecule has 114 valence electrons. The van der Waals surface area contributed by atoms with Crippen LogP contribution >= 0.6 is 0 Å². The molecule has 0 spiro atoms. The van der Waals surface area contributed by atoms with E-state index >= 15 is 0 Å². The van der Waals surface area contributed by atoms with Crippen LogP contribution in [-0.2, 0) is 15.7 Å². The van der Waals surface area contributed by atoms with Gasteiger partial charge < -0.3 is 14.0 Å². The fraction of sp³-hybridized carbons (Fsp3) is 0.562. The number of pyridine rings is 1. The second-order valence-corrected chi connectivity index (χ2v) is 6.27. The maximum Gasteiger partial charge on any atom is 0.487 e. The van der Waals surface area contributed by atoms with Gasteiger partial charge in [0.05, 0.1) is 18.3 Å². The number of hydrogen-bond donors (Lipinski definition) is 0. The number of nitrogens with zero attached hydrogens (tertiary/aromatic N) is 1. The van der Waals surface area contributed by atoms with Gasteiger partial charge in [0.15, 0.2) is 0 Å². The molecule has 0 unspecified atom stereocenters. The van der Waals surface area contributed by atoms with Crippen LogP contribution < -0.4 is 4.74 Å². The molecule has 2 heterocycles. The number of rotatable bonds is 4. The van der Waals surface area contributed by atoms with E-state index in [1.165, 1.54) is 0 Å². The van der Waals surface area contributed by atoms with E-state index in [0.29, 0.717) is 5.88 Å². The predicted octanol–water partition coefficient (Wildman–Crippen LogP) is 3.30. The number of aryl methyl sites for hydroxylation is 1. The molecular weight excluding hydrogens is 265 g/mol. The molecular formula is C16H24BNO3. The molecule has 0 radical (unpaired) electrons. The summed E-state index contributed by atoms with van der Waals surface area (Å²) in [6, 6.07) is 2.08. The zero-order valence-electron chi connectivity index (χ0n) is 13.8. The van der Waals surface area contributed by atoms with Crippen LogP contribution in [0.2, 0.25) is 0 Å². The van der Waals surface area contributed by atoms with E-state index in [1.54, 1.807) is 13.3 Å². The van der Waals surface area contributed by atoms with E-state index in [2.05, 4.69) is 18.0 Å². The normalized spacial score (nSPS) is 20.2. The summed E-state index contributed by atoms with van der Waals surface area (Å²) in [6.07, 6.45) is 4.65. The average molecular weight is 289 g/mol. The maximum absolute atomic E-state index is 5.93. The molecule has 0 bridgehead atoms. The van der Waals surface area contributed by atoms with Crippen molar-refractivity contribution in [2.75, 3.05) is 7.11 Å². The van der Waals surface area contributed by atoms with Gasteiger partial charge >= 0.3 is 7.12 Å². The number of hydrogen-bond acceptors (Lipinski definition) is 4. The third kappa shape index (κ3) is 3.30. The minimum atomic E-state index is -0.331. The molecule has 2 rings (SSSR count). The highest BCUT2D eigenvalue weighted by molar-refractivity contribution is 6.52. The lowest BCUT2D eigenvalue weighted by atomic mass is 9.89. The van der Waals surface area contributed by atoms with Crippen LogP contribution in [0.15, 0.2) is 18.2 Å². The van der Waals surface area contributed by atoms with Crippen molar-refractivity contribution in [3.63, 3.8) is 0 Å². The third-order valence-electron chi connectivity index (χ3n) is 4.24. The zero-order chi connectivity index (χ0) is 15.7. The second-order valence-electron chi connectivity index (χ2n) is 6.27. The van der Waals surface area contributed by atoms with Gasteiger partial charge in [-0.25, -0.2) is 4.98 Å².